The molecule has 0 saturated carbocycles. The molecule has 2 aromatic rings. The van der Waals surface area contributed by atoms with E-state index in [0.717, 1.165) is 0 Å². The molecule has 3 rings (SSSR count). The van der Waals surface area contributed by atoms with Crippen molar-refractivity contribution in [2.24, 2.45) is 11.7 Å². The summed E-state index contributed by atoms with van der Waals surface area (Å²) in [5.74, 6) is -1.37. The third-order valence-electron chi connectivity index (χ3n) is 5.67. The molecule has 1 saturated heterocycles. The van der Waals surface area contributed by atoms with Crippen LogP contribution in [0.3, 0.4) is 0 Å². The molecule has 3 amide bonds. The first-order chi connectivity index (χ1) is 15.3. The number of primary amides is 1. The van der Waals surface area contributed by atoms with E-state index in [-0.39, 0.29) is 23.5 Å². The first kappa shape index (κ1) is 23.3. The van der Waals surface area contributed by atoms with Gasteiger partial charge in [0.2, 0.25) is 5.91 Å². The van der Waals surface area contributed by atoms with Crippen molar-refractivity contribution in [3.05, 3.63) is 35.5 Å². The Morgan fingerprint density at radius 1 is 1.09 bits per heavy atom. The summed E-state index contributed by atoms with van der Waals surface area (Å²) in [6.07, 6.45) is -0.378. The van der Waals surface area contributed by atoms with Gasteiger partial charge in [-0.1, -0.05) is 26.0 Å². The van der Waals surface area contributed by atoms with Gasteiger partial charge in [-0.2, -0.15) is 0 Å². The highest BCUT2D eigenvalue weighted by Gasteiger charge is 2.36. The smallest absolute Gasteiger partial charge is 0.409 e. The predicted molar refractivity (Wildman–Crippen MR) is 120 cm³/mol. The minimum atomic E-state index is -0.694. The normalized spacial score (nSPS) is 15.0. The summed E-state index contributed by atoms with van der Waals surface area (Å²) >= 11 is 0. The fourth-order valence-corrected chi connectivity index (χ4v) is 4.11. The Hall–Kier alpha value is -3.36. The molecule has 1 atom stereocenters. The van der Waals surface area contributed by atoms with Crippen LogP contribution in [0, 0.1) is 5.92 Å². The number of nitrogens with two attached hydrogens (primary N) is 1. The van der Waals surface area contributed by atoms with Crippen molar-refractivity contribution >= 4 is 28.8 Å². The molecule has 2 heterocycles. The van der Waals surface area contributed by atoms with E-state index < -0.39 is 11.8 Å². The lowest BCUT2D eigenvalue weighted by Gasteiger charge is -2.36. The molecule has 1 fully saturated rings. The van der Waals surface area contributed by atoms with E-state index in [2.05, 4.69) is 0 Å². The Bertz CT molecular complexity index is 1010. The maximum Gasteiger partial charge on any atom is 0.409 e. The van der Waals surface area contributed by atoms with Crippen molar-refractivity contribution in [1.82, 2.24) is 14.8 Å². The molecule has 32 heavy (non-hydrogen) atoms. The number of methoxy groups -OCH3 is 1. The average molecular weight is 443 g/mol. The standard InChI is InChI=1S/C23H30N4O5/c1-5-32-23(30)27-12-10-26(11-13-27)22(29)17(14(2)3)19-18(21(24)28)20(31-4)15-8-6-7-9-16(15)25-19/h6-9,14,17H,5,10-13H2,1-4H3,(H2,24,28). The quantitative estimate of drug-likeness (QED) is 0.734. The van der Waals surface area contributed by atoms with Crippen LogP contribution >= 0.6 is 0 Å². The van der Waals surface area contributed by atoms with Crippen LogP contribution in [0.15, 0.2) is 24.3 Å². The molecule has 172 valence electrons. The maximum atomic E-state index is 13.6. The lowest BCUT2D eigenvalue weighted by molar-refractivity contribution is -0.135. The SMILES string of the molecule is CCOC(=O)N1CCN(C(=O)C(c2nc3ccccc3c(OC)c2C(N)=O)C(C)C)CC1. The third-order valence-corrected chi connectivity index (χ3v) is 5.67. The van der Waals surface area contributed by atoms with Gasteiger partial charge in [-0.25, -0.2) is 4.79 Å². The van der Waals surface area contributed by atoms with Crippen LogP contribution in [0.1, 0.15) is 42.7 Å². The molecule has 1 aromatic heterocycles. The highest BCUT2D eigenvalue weighted by molar-refractivity contribution is 6.04. The van der Waals surface area contributed by atoms with Crippen LogP contribution in [0.25, 0.3) is 10.9 Å². The number of hydrogen-bond acceptors (Lipinski definition) is 6. The van der Waals surface area contributed by atoms with E-state index in [1.54, 1.807) is 22.8 Å². The minimum Gasteiger partial charge on any atom is -0.495 e. The van der Waals surface area contributed by atoms with Gasteiger partial charge in [0, 0.05) is 31.6 Å². The van der Waals surface area contributed by atoms with Gasteiger partial charge >= 0.3 is 6.09 Å². The largest absolute Gasteiger partial charge is 0.495 e. The van der Waals surface area contributed by atoms with Gasteiger partial charge in [0.15, 0.2) is 0 Å². The number of fused-ring (bicyclic) bond motifs is 1. The number of carbonyl (C=O) groups is 3. The molecule has 1 aromatic carbocycles. The van der Waals surface area contributed by atoms with Gasteiger partial charge in [0.1, 0.15) is 11.3 Å². The first-order valence-electron chi connectivity index (χ1n) is 10.8. The molecule has 1 unspecified atom stereocenters. The molecular formula is C23H30N4O5. The Balaban J connectivity index is 1.99. The fourth-order valence-electron chi connectivity index (χ4n) is 4.11. The number of benzene rings is 1. The highest BCUT2D eigenvalue weighted by Crippen LogP contribution is 2.37. The molecule has 9 nitrogen and oxygen atoms in total. The van der Waals surface area contributed by atoms with Gasteiger partial charge in [0.25, 0.3) is 5.91 Å². The van der Waals surface area contributed by atoms with Crippen molar-refractivity contribution in [3.8, 4) is 5.75 Å². The zero-order valence-corrected chi connectivity index (χ0v) is 19.0. The summed E-state index contributed by atoms with van der Waals surface area (Å²) in [5, 5.41) is 0.658. The molecule has 1 aliphatic heterocycles. The van der Waals surface area contributed by atoms with E-state index in [0.29, 0.717) is 55.1 Å². The van der Waals surface area contributed by atoms with Crippen LogP contribution in [0.5, 0.6) is 5.75 Å². The zero-order chi connectivity index (χ0) is 23.4. The monoisotopic (exact) mass is 442 g/mol. The Kier molecular flexibility index (Phi) is 7.17. The second-order valence-electron chi connectivity index (χ2n) is 8.02. The average Bonchev–Trinajstić information content (AvgIpc) is 2.78. The highest BCUT2D eigenvalue weighted by atomic mass is 16.6. The molecule has 1 aliphatic rings. The van der Waals surface area contributed by atoms with Gasteiger partial charge < -0.3 is 25.0 Å². The number of hydrogen-bond donors (Lipinski definition) is 1. The van der Waals surface area contributed by atoms with Crippen molar-refractivity contribution < 1.29 is 23.9 Å². The Morgan fingerprint density at radius 3 is 2.28 bits per heavy atom. The van der Waals surface area contributed by atoms with Crippen LogP contribution in [0.2, 0.25) is 0 Å². The number of amides is 3. The van der Waals surface area contributed by atoms with Gasteiger partial charge in [-0.15, -0.1) is 0 Å². The van der Waals surface area contributed by atoms with Crippen molar-refractivity contribution in [2.75, 3.05) is 39.9 Å². The summed E-state index contributed by atoms with van der Waals surface area (Å²) in [7, 11) is 1.47. The number of ether oxygens (including phenoxy) is 2. The van der Waals surface area contributed by atoms with E-state index >= 15 is 0 Å². The van der Waals surface area contributed by atoms with Gasteiger partial charge in [-0.05, 0) is 25.0 Å². The van der Waals surface area contributed by atoms with E-state index in [4.69, 9.17) is 20.2 Å². The number of para-hydroxylation sites is 1. The lowest BCUT2D eigenvalue weighted by Crippen LogP contribution is -2.52. The molecule has 9 heteroatoms. The topological polar surface area (TPSA) is 115 Å². The van der Waals surface area contributed by atoms with Crippen molar-refractivity contribution in [2.45, 2.75) is 26.7 Å². The van der Waals surface area contributed by atoms with Crippen molar-refractivity contribution in [1.29, 1.82) is 0 Å². The number of rotatable bonds is 6. The maximum absolute atomic E-state index is 13.6. The van der Waals surface area contributed by atoms with E-state index in [9.17, 15) is 14.4 Å². The van der Waals surface area contributed by atoms with E-state index in [1.807, 2.05) is 32.0 Å². The second kappa shape index (κ2) is 9.84. The minimum absolute atomic E-state index is 0.128. The fraction of sp³-hybridized carbons (Fsp3) is 0.478. The summed E-state index contributed by atoms with van der Waals surface area (Å²) in [5.41, 5.74) is 6.81. The number of pyridine rings is 1. The molecule has 0 bridgehead atoms. The number of aromatic nitrogens is 1. The van der Waals surface area contributed by atoms with Gasteiger partial charge in [0.05, 0.1) is 30.8 Å². The predicted octanol–water partition coefficient (Wildman–Crippen LogP) is 2.38. The zero-order valence-electron chi connectivity index (χ0n) is 19.0. The Labute approximate surface area is 187 Å². The molecule has 0 spiro atoms. The van der Waals surface area contributed by atoms with E-state index in [1.165, 1.54) is 7.11 Å². The van der Waals surface area contributed by atoms with Crippen LogP contribution in [-0.2, 0) is 9.53 Å². The van der Waals surface area contributed by atoms with Crippen LogP contribution in [-0.4, -0.2) is 72.6 Å². The Morgan fingerprint density at radius 2 is 1.72 bits per heavy atom. The number of piperazine rings is 1. The van der Waals surface area contributed by atoms with Crippen molar-refractivity contribution in [3.63, 3.8) is 0 Å². The molecular weight excluding hydrogens is 412 g/mol. The second-order valence-corrected chi connectivity index (χ2v) is 8.02. The summed E-state index contributed by atoms with van der Waals surface area (Å²) < 4.78 is 10.6. The summed E-state index contributed by atoms with van der Waals surface area (Å²) in [4.78, 5) is 46.0. The first-order valence-corrected chi connectivity index (χ1v) is 10.8. The summed E-state index contributed by atoms with van der Waals surface area (Å²) in [6.45, 7) is 7.38. The number of carbonyl (C=O) groups excluding carboxylic acids is 3. The van der Waals surface area contributed by atoms with Crippen LogP contribution in [0.4, 0.5) is 4.79 Å². The summed E-state index contributed by atoms with van der Waals surface area (Å²) in [6, 6.07) is 7.28. The lowest BCUT2D eigenvalue weighted by atomic mass is 9.86. The third kappa shape index (κ3) is 4.46. The van der Waals surface area contributed by atoms with Crippen LogP contribution < -0.4 is 10.5 Å². The molecule has 0 radical (unpaired) electrons. The van der Waals surface area contributed by atoms with Gasteiger partial charge in [-0.3, -0.25) is 14.6 Å². The molecule has 2 N–H and O–H groups in total. The molecule has 0 aliphatic carbocycles. The number of nitrogens with zero attached hydrogens (tertiary/aromatic N) is 3.